The van der Waals surface area contributed by atoms with Gasteiger partial charge in [-0.3, -0.25) is 4.79 Å². The number of benzene rings is 1. The van der Waals surface area contributed by atoms with Crippen molar-refractivity contribution >= 4 is 35.1 Å². The van der Waals surface area contributed by atoms with E-state index in [1.54, 1.807) is 0 Å². The van der Waals surface area contributed by atoms with Crippen LogP contribution in [0.1, 0.15) is 56.8 Å². The zero-order chi connectivity index (χ0) is 25.7. The average molecular weight is 496 g/mol. The Labute approximate surface area is 210 Å². The highest BCUT2D eigenvalue weighted by atomic mass is 16.6. The molecule has 0 unspecified atom stereocenters. The third-order valence-corrected chi connectivity index (χ3v) is 5.85. The van der Waals surface area contributed by atoms with Crippen molar-refractivity contribution in [1.82, 2.24) is 15.3 Å². The maximum atomic E-state index is 12.3. The molecule has 1 aliphatic heterocycles. The van der Waals surface area contributed by atoms with Crippen LogP contribution in [0.5, 0.6) is 0 Å². The van der Waals surface area contributed by atoms with Gasteiger partial charge in [-0.05, 0) is 57.9 Å². The van der Waals surface area contributed by atoms with Crippen LogP contribution < -0.4 is 26.7 Å². The van der Waals surface area contributed by atoms with Gasteiger partial charge in [0.1, 0.15) is 17.0 Å². The summed E-state index contributed by atoms with van der Waals surface area (Å²) in [7, 11) is 0. The van der Waals surface area contributed by atoms with Crippen LogP contribution in [-0.2, 0) is 4.74 Å². The summed E-state index contributed by atoms with van der Waals surface area (Å²) in [6, 6.07) is 7.32. The number of amides is 2. The summed E-state index contributed by atoms with van der Waals surface area (Å²) in [5.41, 5.74) is 6.81. The Kier molecular flexibility index (Phi) is 7.51. The minimum absolute atomic E-state index is 0.0903. The highest BCUT2D eigenvalue weighted by Crippen LogP contribution is 2.26. The van der Waals surface area contributed by atoms with E-state index in [4.69, 9.17) is 10.5 Å². The quantitative estimate of drug-likeness (QED) is 0.452. The van der Waals surface area contributed by atoms with Crippen molar-refractivity contribution in [3.05, 3.63) is 36.0 Å². The molecular weight excluding hydrogens is 462 g/mol. The molecule has 0 bridgehead atoms. The summed E-state index contributed by atoms with van der Waals surface area (Å²) < 4.78 is 5.42. The lowest BCUT2D eigenvalue weighted by atomic mass is 9.90. The van der Waals surface area contributed by atoms with Gasteiger partial charge in [0, 0.05) is 17.9 Å². The number of carbonyl (C=O) groups is 2. The first-order valence-corrected chi connectivity index (χ1v) is 12.1. The molecule has 1 aromatic heterocycles. The highest BCUT2D eigenvalue weighted by Gasteiger charge is 2.29. The average Bonchev–Trinajstić information content (AvgIpc) is 3.35. The smallest absolute Gasteiger partial charge is 0.407 e. The van der Waals surface area contributed by atoms with Crippen molar-refractivity contribution in [2.75, 3.05) is 28.7 Å². The van der Waals surface area contributed by atoms with Crippen molar-refractivity contribution in [2.24, 2.45) is 16.1 Å². The molecule has 2 aromatic rings. The number of nitrogens with zero attached hydrogens (tertiary/aromatic N) is 5. The van der Waals surface area contributed by atoms with Crippen LogP contribution in [-0.4, -0.2) is 52.7 Å². The van der Waals surface area contributed by atoms with E-state index in [2.05, 4.69) is 36.3 Å². The van der Waals surface area contributed by atoms with Gasteiger partial charge in [0.05, 0.1) is 24.8 Å². The lowest BCUT2D eigenvalue weighted by Crippen LogP contribution is -2.50. The van der Waals surface area contributed by atoms with E-state index in [0.29, 0.717) is 18.3 Å². The van der Waals surface area contributed by atoms with Gasteiger partial charge in [-0.25, -0.2) is 14.8 Å². The van der Waals surface area contributed by atoms with E-state index in [9.17, 15) is 9.59 Å². The molecule has 36 heavy (non-hydrogen) atoms. The number of rotatable bonds is 7. The molecule has 0 radical (unpaired) electrons. The maximum Gasteiger partial charge on any atom is 0.407 e. The Morgan fingerprint density at radius 1 is 1.11 bits per heavy atom. The van der Waals surface area contributed by atoms with Crippen LogP contribution in [0.3, 0.4) is 0 Å². The fourth-order valence-corrected chi connectivity index (χ4v) is 4.17. The van der Waals surface area contributed by atoms with E-state index in [-0.39, 0.29) is 17.6 Å². The van der Waals surface area contributed by atoms with Crippen LogP contribution in [0.2, 0.25) is 0 Å². The number of alkyl carbamates (subject to hydrolysis) is 1. The maximum absolute atomic E-state index is 12.3. The van der Waals surface area contributed by atoms with E-state index in [0.717, 1.165) is 43.6 Å². The van der Waals surface area contributed by atoms with Crippen LogP contribution >= 0.6 is 0 Å². The second kappa shape index (κ2) is 10.8. The van der Waals surface area contributed by atoms with Gasteiger partial charge >= 0.3 is 6.09 Å². The summed E-state index contributed by atoms with van der Waals surface area (Å²) in [5.74, 6) is -0.0131. The number of carbonyl (C=O) groups excluding carboxylic acids is 2. The Bertz CT molecular complexity index is 1110. The highest BCUT2D eigenvalue weighted by molar-refractivity contribution is 5.98. The summed E-state index contributed by atoms with van der Waals surface area (Å²) >= 11 is 0. The van der Waals surface area contributed by atoms with Crippen molar-refractivity contribution < 1.29 is 14.3 Å². The van der Waals surface area contributed by atoms with Crippen molar-refractivity contribution in [3.63, 3.8) is 0 Å². The predicted molar refractivity (Wildman–Crippen MR) is 136 cm³/mol. The fourth-order valence-electron chi connectivity index (χ4n) is 4.17. The molecule has 192 valence electrons. The first-order valence-electron chi connectivity index (χ1n) is 12.1. The minimum Gasteiger partial charge on any atom is -0.444 e. The van der Waals surface area contributed by atoms with Crippen LogP contribution in [0.25, 0.3) is 0 Å². The Balaban J connectivity index is 1.48. The fraction of sp³-hybridized carbons (Fsp3) is 0.500. The van der Waals surface area contributed by atoms with Gasteiger partial charge in [0.25, 0.3) is 5.91 Å². The molecule has 1 fully saturated rings. The molecule has 0 saturated heterocycles. The number of hydrogen-bond donors (Lipinski definition) is 4. The van der Waals surface area contributed by atoms with Gasteiger partial charge in [-0.15, -0.1) is 0 Å². The zero-order valence-corrected chi connectivity index (χ0v) is 20.8. The van der Waals surface area contributed by atoms with E-state index in [1.165, 1.54) is 6.20 Å². The topological polar surface area (TPSA) is 159 Å². The number of aromatic nitrogens is 2. The summed E-state index contributed by atoms with van der Waals surface area (Å²) in [6.45, 7) is 6.91. The summed E-state index contributed by atoms with van der Waals surface area (Å²) in [5, 5.41) is 19.3. The molecule has 1 aliphatic carbocycles. The van der Waals surface area contributed by atoms with Crippen LogP contribution in [0.4, 0.5) is 27.9 Å². The van der Waals surface area contributed by atoms with Gasteiger partial charge in [0.15, 0.2) is 0 Å². The number of nitrogens with one attached hydrogen (secondary N) is 3. The molecular formula is C24H33N9O3. The van der Waals surface area contributed by atoms with Crippen LogP contribution in [0.15, 0.2) is 40.8 Å². The normalized spacial score (nSPS) is 19.6. The number of anilines is 4. The standard InChI is InChI=1S/C24H33N9O3/c1-24(2,3)36-23(35)30-19-7-5-4-6-18(19)29-22-26-14-17(20(25)34)21(31-22)28-15-8-10-16(11-9-15)33-13-12-27-32-33/h8-11,14,18-19H,4-7,12-13H2,1-3H3,(H2,25,34)(H,30,35)(H2,26,28,29,31)/t18-,19+/m1/s1. The molecule has 2 heterocycles. The Morgan fingerprint density at radius 3 is 2.47 bits per heavy atom. The number of nitrogens with two attached hydrogens (primary N) is 1. The van der Waals surface area contributed by atoms with E-state index in [1.807, 2.05) is 50.0 Å². The molecule has 2 aliphatic rings. The van der Waals surface area contributed by atoms with Crippen LogP contribution in [0, 0.1) is 0 Å². The summed E-state index contributed by atoms with van der Waals surface area (Å²) in [6.07, 6.45) is 4.61. The van der Waals surface area contributed by atoms with Crippen molar-refractivity contribution in [3.8, 4) is 0 Å². The SMILES string of the molecule is CC(C)(C)OC(=O)N[C@H]1CCCC[C@H]1Nc1ncc(C(N)=O)c(Nc2ccc(N3CCN=N3)cc2)n1. The van der Waals surface area contributed by atoms with Gasteiger partial charge in [0.2, 0.25) is 5.95 Å². The first-order chi connectivity index (χ1) is 17.2. The van der Waals surface area contributed by atoms with E-state index < -0.39 is 17.6 Å². The minimum atomic E-state index is -0.639. The van der Waals surface area contributed by atoms with Gasteiger partial charge < -0.3 is 26.4 Å². The molecule has 5 N–H and O–H groups in total. The molecule has 2 amide bonds. The number of ether oxygens (including phenoxy) is 1. The van der Waals surface area contributed by atoms with Gasteiger partial charge in [-0.2, -0.15) is 10.1 Å². The second-order valence-electron chi connectivity index (χ2n) is 9.86. The van der Waals surface area contributed by atoms with Crippen molar-refractivity contribution in [1.29, 1.82) is 0 Å². The molecule has 1 aromatic carbocycles. The second-order valence-corrected chi connectivity index (χ2v) is 9.86. The summed E-state index contributed by atoms with van der Waals surface area (Å²) in [4.78, 5) is 33.2. The lowest BCUT2D eigenvalue weighted by Gasteiger charge is -2.33. The lowest BCUT2D eigenvalue weighted by molar-refractivity contribution is 0.0488. The van der Waals surface area contributed by atoms with Gasteiger partial charge in [-0.1, -0.05) is 18.1 Å². The zero-order valence-electron chi connectivity index (χ0n) is 20.8. The molecule has 0 spiro atoms. The largest absolute Gasteiger partial charge is 0.444 e. The number of hydrogen-bond acceptors (Lipinski definition) is 10. The van der Waals surface area contributed by atoms with E-state index >= 15 is 0 Å². The Morgan fingerprint density at radius 2 is 1.83 bits per heavy atom. The molecule has 4 rings (SSSR count). The predicted octanol–water partition coefficient (Wildman–Crippen LogP) is 3.75. The van der Waals surface area contributed by atoms with Crippen molar-refractivity contribution in [2.45, 2.75) is 64.1 Å². The monoisotopic (exact) mass is 495 g/mol. The molecule has 12 heteroatoms. The molecule has 1 saturated carbocycles. The molecule has 2 atom stereocenters. The molecule has 12 nitrogen and oxygen atoms in total. The third-order valence-electron chi connectivity index (χ3n) is 5.85. The Hall–Kier alpha value is -3.96. The first kappa shape index (κ1) is 25.1. The third kappa shape index (κ3) is 6.58. The number of primary amides is 1.